The van der Waals surface area contributed by atoms with Gasteiger partial charge in [-0.2, -0.15) is 0 Å². The molecule has 0 amide bonds. The molecule has 0 saturated heterocycles. The maximum atomic E-state index is 12.0. The van der Waals surface area contributed by atoms with Crippen LogP contribution in [-0.4, -0.2) is 37.9 Å². The van der Waals surface area contributed by atoms with Crippen LogP contribution in [0.3, 0.4) is 0 Å². The molecule has 1 aliphatic rings. The highest BCUT2D eigenvalue weighted by Gasteiger charge is 2.27. The topological polar surface area (TPSA) is 41.9 Å². The number of aryl methyl sites for hydroxylation is 1. The van der Waals surface area contributed by atoms with Crippen molar-refractivity contribution in [2.75, 3.05) is 20.7 Å². The molecule has 18 heavy (non-hydrogen) atoms. The van der Waals surface area contributed by atoms with Crippen molar-refractivity contribution in [2.45, 2.75) is 26.2 Å². The number of carbonyl (C=O) groups excluding carboxylic acids is 1. The molecule has 0 spiro atoms. The van der Waals surface area contributed by atoms with Crippen molar-refractivity contribution in [3.8, 4) is 0 Å². The van der Waals surface area contributed by atoms with Crippen LogP contribution in [0.15, 0.2) is 4.99 Å². The van der Waals surface area contributed by atoms with Crippen molar-refractivity contribution in [3.63, 3.8) is 0 Å². The first-order chi connectivity index (χ1) is 8.63. The third-order valence-electron chi connectivity index (χ3n) is 2.79. The molecule has 5 heteroatoms. The van der Waals surface area contributed by atoms with Gasteiger partial charge in [-0.3, -0.25) is 0 Å². The Morgan fingerprint density at radius 3 is 2.94 bits per heavy atom. The van der Waals surface area contributed by atoms with E-state index in [9.17, 15) is 4.79 Å². The number of ether oxygens (including phenoxy) is 1. The lowest BCUT2D eigenvalue weighted by Crippen LogP contribution is -2.08. The number of hydrogen-bond acceptors (Lipinski definition) is 4. The molecule has 1 heterocycles. The van der Waals surface area contributed by atoms with Gasteiger partial charge in [-0.05, 0) is 31.7 Å². The van der Waals surface area contributed by atoms with E-state index in [-0.39, 0.29) is 5.97 Å². The van der Waals surface area contributed by atoms with Gasteiger partial charge >= 0.3 is 5.97 Å². The molecular weight excluding hydrogens is 248 g/mol. The van der Waals surface area contributed by atoms with Crippen LogP contribution >= 0.6 is 11.3 Å². The van der Waals surface area contributed by atoms with Crippen molar-refractivity contribution in [2.24, 2.45) is 4.99 Å². The van der Waals surface area contributed by atoms with Gasteiger partial charge in [0.1, 0.15) is 5.00 Å². The Morgan fingerprint density at radius 1 is 1.50 bits per heavy atom. The number of nitrogens with zero attached hydrogens (tertiary/aromatic N) is 2. The van der Waals surface area contributed by atoms with E-state index in [0.29, 0.717) is 12.2 Å². The average Bonchev–Trinajstić information content (AvgIpc) is 2.85. The molecule has 0 aliphatic heterocycles. The van der Waals surface area contributed by atoms with Crippen molar-refractivity contribution in [3.05, 3.63) is 16.0 Å². The van der Waals surface area contributed by atoms with Gasteiger partial charge in [0, 0.05) is 19.0 Å². The minimum absolute atomic E-state index is 0.234. The lowest BCUT2D eigenvalue weighted by Gasteiger charge is -2.05. The molecule has 0 atom stereocenters. The zero-order valence-corrected chi connectivity index (χ0v) is 11.8. The standard InChI is InChI=1S/C13H18N2O2S/c1-4-17-13(16)11-9-6-5-7-10(9)18-12(11)14-8-15(2)3/h8H,4-7H2,1-3H3. The SMILES string of the molecule is CCOC(=O)c1c(N=CN(C)C)sc2c1CCC2. The summed E-state index contributed by atoms with van der Waals surface area (Å²) in [6, 6.07) is 0. The molecule has 0 fully saturated rings. The van der Waals surface area contributed by atoms with Gasteiger partial charge in [-0.15, -0.1) is 11.3 Å². The maximum Gasteiger partial charge on any atom is 0.341 e. The van der Waals surface area contributed by atoms with Crippen LogP contribution in [0.25, 0.3) is 0 Å². The Kier molecular flexibility index (Phi) is 4.01. The highest BCUT2D eigenvalue weighted by atomic mass is 32.1. The van der Waals surface area contributed by atoms with Crippen molar-refractivity contribution < 1.29 is 9.53 Å². The van der Waals surface area contributed by atoms with E-state index in [0.717, 1.165) is 29.8 Å². The molecule has 4 nitrogen and oxygen atoms in total. The first-order valence-corrected chi connectivity index (χ1v) is 6.97. The highest BCUT2D eigenvalue weighted by molar-refractivity contribution is 7.16. The quantitative estimate of drug-likeness (QED) is 0.478. The van der Waals surface area contributed by atoms with E-state index in [2.05, 4.69) is 4.99 Å². The summed E-state index contributed by atoms with van der Waals surface area (Å²) in [6.45, 7) is 2.23. The first kappa shape index (κ1) is 13.1. The molecule has 1 aliphatic carbocycles. The Morgan fingerprint density at radius 2 is 2.28 bits per heavy atom. The van der Waals surface area contributed by atoms with E-state index in [1.807, 2.05) is 25.9 Å². The van der Waals surface area contributed by atoms with E-state index in [1.54, 1.807) is 17.7 Å². The predicted octanol–water partition coefficient (Wildman–Crippen LogP) is 2.63. The molecule has 98 valence electrons. The van der Waals surface area contributed by atoms with Crippen molar-refractivity contribution in [1.29, 1.82) is 0 Å². The van der Waals surface area contributed by atoms with Crippen LogP contribution in [-0.2, 0) is 17.6 Å². The van der Waals surface area contributed by atoms with E-state index in [1.165, 1.54) is 4.88 Å². The summed E-state index contributed by atoms with van der Waals surface area (Å²) in [7, 11) is 3.82. The minimum Gasteiger partial charge on any atom is -0.462 e. The Labute approximate surface area is 111 Å². The van der Waals surface area contributed by atoms with E-state index < -0.39 is 0 Å². The summed E-state index contributed by atoms with van der Waals surface area (Å²) in [5, 5.41) is 0.784. The monoisotopic (exact) mass is 266 g/mol. The third kappa shape index (κ3) is 2.56. The molecule has 0 unspecified atom stereocenters. The van der Waals surface area contributed by atoms with Crippen LogP contribution in [0, 0.1) is 0 Å². The van der Waals surface area contributed by atoms with Crippen LogP contribution in [0.4, 0.5) is 5.00 Å². The summed E-state index contributed by atoms with van der Waals surface area (Å²) in [4.78, 5) is 19.6. The minimum atomic E-state index is -0.234. The molecule has 1 aromatic heterocycles. The second-order valence-corrected chi connectivity index (χ2v) is 5.55. The number of rotatable bonds is 4. The summed E-state index contributed by atoms with van der Waals surface area (Å²) in [5.74, 6) is -0.234. The fourth-order valence-electron chi connectivity index (χ4n) is 2.06. The van der Waals surface area contributed by atoms with Crippen LogP contribution < -0.4 is 0 Å². The Hall–Kier alpha value is -1.36. The van der Waals surface area contributed by atoms with Crippen LogP contribution in [0.2, 0.25) is 0 Å². The van der Waals surface area contributed by atoms with E-state index in [4.69, 9.17) is 4.74 Å². The summed E-state index contributed by atoms with van der Waals surface area (Å²) < 4.78 is 5.14. The molecule has 0 aromatic carbocycles. The van der Waals surface area contributed by atoms with Crippen LogP contribution in [0.1, 0.15) is 34.1 Å². The van der Waals surface area contributed by atoms with Crippen molar-refractivity contribution >= 4 is 28.6 Å². The number of hydrogen-bond donors (Lipinski definition) is 0. The van der Waals surface area contributed by atoms with Gasteiger partial charge in [0.2, 0.25) is 0 Å². The van der Waals surface area contributed by atoms with Gasteiger partial charge < -0.3 is 9.64 Å². The molecule has 0 bridgehead atoms. The third-order valence-corrected chi connectivity index (χ3v) is 3.99. The lowest BCUT2D eigenvalue weighted by atomic mass is 10.1. The second-order valence-electron chi connectivity index (χ2n) is 4.47. The van der Waals surface area contributed by atoms with E-state index >= 15 is 0 Å². The molecule has 0 saturated carbocycles. The average molecular weight is 266 g/mol. The normalized spacial score (nSPS) is 13.9. The molecule has 1 aromatic rings. The number of carbonyl (C=O) groups is 1. The summed E-state index contributed by atoms with van der Waals surface area (Å²) in [5.41, 5.74) is 1.84. The number of fused-ring (bicyclic) bond motifs is 1. The summed E-state index contributed by atoms with van der Waals surface area (Å²) >= 11 is 1.62. The number of aliphatic imine (C=N–C) groups is 1. The zero-order valence-electron chi connectivity index (χ0n) is 11.0. The van der Waals surface area contributed by atoms with Crippen LogP contribution in [0.5, 0.6) is 0 Å². The highest BCUT2D eigenvalue weighted by Crippen LogP contribution is 2.40. The zero-order chi connectivity index (χ0) is 13.1. The summed E-state index contributed by atoms with van der Waals surface area (Å²) in [6.07, 6.45) is 4.89. The Balaban J connectivity index is 2.37. The smallest absolute Gasteiger partial charge is 0.341 e. The van der Waals surface area contributed by atoms with Gasteiger partial charge in [-0.25, -0.2) is 9.79 Å². The van der Waals surface area contributed by atoms with Gasteiger partial charge in [-0.1, -0.05) is 0 Å². The van der Waals surface area contributed by atoms with Gasteiger partial charge in [0.25, 0.3) is 0 Å². The predicted molar refractivity (Wildman–Crippen MR) is 74.1 cm³/mol. The van der Waals surface area contributed by atoms with Gasteiger partial charge in [0.05, 0.1) is 18.5 Å². The number of thiophene rings is 1. The lowest BCUT2D eigenvalue weighted by molar-refractivity contribution is 0.0527. The maximum absolute atomic E-state index is 12.0. The van der Waals surface area contributed by atoms with Gasteiger partial charge in [0.15, 0.2) is 0 Å². The fraction of sp³-hybridized carbons (Fsp3) is 0.538. The molecular formula is C13H18N2O2S. The second kappa shape index (κ2) is 5.52. The van der Waals surface area contributed by atoms with Crippen molar-refractivity contribution in [1.82, 2.24) is 4.90 Å². The molecule has 2 rings (SSSR count). The largest absolute Gasteiger partial charge is 0.462 e. The first-order valence-electron chi connectivity index (χ1n) is 6.15. The molecule has 0 N–H and O–H groups in total. The number of esters is 1. The molecule has 0 radical (unpaired) electrons. The Bertz CT molecular complexity index is 478. The fourth-order valence-corrected chi connectivity index (χ4v) is 3.28.